The predicted molar refractivity (Wildman–Crippen MR) is 50.4 cm³/mol. The van der Waals surface area contributed by atoms with Gasteiger partial charge in [0.15, 0.2) is 5.78 Å². The second-order valence-corrected chi connectivity index (χ2v) is 2.78. The average molecular weight is 176 g/mol. The van der Waals surface area contributed by atoms with Crippen LogP contribution < -0.4 is 0 Å². The Hall–Kier alpha value is -1.56. The number of terminal acetylenes is 1. The van der Waals surface area contributed by atoms with E-state index in [1.807, 2.05) is 11.5 Å². The zero-order valence-electron chi connectivity index (χ0n) is 7.87. The summed E-state index contributed by atoms with van der Waals surface area (Å²) in [5, 5.41) is 0. The summed E-state index contributed by atoms with van der Waals surface area (Å²) in [6, 6.07) is 0. The first-order chi connectivity index (χ1) is 6.19. The lowest BCUT2D eigenvalue weighted by molar-refractivity contribution is 0.101. The van der Waals surface area contributed by atoms with Crippen LogP contribution in [0.5, 0.6) is 0 Å². The van der Waals surface area contributed by atoms with Gasteiger partial charge in [0.1, 0.15) is 11.5 Å². The molecule has 0 aliphatic heterocycles. The quantitative estimate of drug-likeness (QED) is 0.513. The summed E-state index contributed by atoms with van der Waals surface area (Å²) < 4.78 is 1.83. The normalized spacial score (nSPS) is 9.62. The number of aromatic nitrogens is 2. The van der Waals surface area contributed by atoms with Crippen LogP contribution in [0.15, 0.2) is 6.20 Å². The second-order valence-electron chi connectivity index (χ2n) is 2.78. The van der Waals surface area contributed by atoms with Crippen LogP contribution in [-0.4, -0.2) is 15.3 Å². The minimum Gasteiger partial charge on any atom is -0.323 e. The molecule has 0 spiro atoms. The van der Waals surface area contributed by atoms with Crippen molar-refractivity contribution in [1.82, 2.24) is 9.55 Å². The van der Waals surface area contributed by atoms with E-state index < -0.39 is 0 Å². The van der Waals surface area contributed by atoms with Gasteiger partial charge in [-0.05, 0) is 0 Å². The molecule has 0 saturated heterocycles. The van der Waals surface area contributed by atoms with Gasteiger partial charge < -0.3 is 4.57 Å². The maximum absolute atomic E-state index is 11.0. The summed E-state index contributed by atoms with van der Waals surface area (Å²) in [4.78, 5) is 15.2. The highest BCUT2D eigenvalue weighted by molar-refractivity contribution is 5.91. The molecule has 13 heavy (non-hydrogen) atoms. The minimum absolute atomic E-state index is 0.0227. The van der Waals surface area contributed by atoms with Crippen molar-refractivity contribution in [3.63, 3.8) is 0 Å². The molecule has 0 aliphatic carbocycles. The molecule has 0 aromatic carbocycles. The van der Waals surface area contributed by atoms with Crippen molar-refractivity contribution >= 4 is 5.78 Å². The molecule has 0 amide bonds. The van der Waals surface area contributed by atoms with E-state index in [0.717, 1.165) is 12.2 Å². The first-order valence-corrected chi connectivity index (χ1v) is 4.19. The molecule has 68 valence electrons. The summed E-state index contributed by atoms with van der Waals surface area (Å²) in [6.45, 7) is 3.96. The molecule has 0 bridgehead atoms. The van der Waals surface area contributed by atoms with Gasteiger partial charge in [0.25, 0.3) is 0 Å². The number of imidazole rings is 1. The van der Waals surface area contributed by atoms with E-state index in [-0.39, 0.29) is 5.78 Å². The third kappa shape index (κ3) is 1.97. The highest BCUT2D eigenvalue weighted by Gasteiger charge is 2.08. The SMILES string of the molecule is C#CCn1cc(C(C)=O)nc1CC. The number of nitrogens with zero attached hydrogens (tertiary/aromatic N) is 2. The third-order valence-corrected chi connectivity index (χ3v) is 1.80. The zero-order valence-corrected chi connectivity index (χ0v) is 7.87. The van der Waals surface area contributed by atoms with Gasteiger partial charge in [-0.1, -0.05) is 12.8 Å². The summed E-state index contributed by atoms with van der Waals surface area (Å²) in [6.07, 6.45) is 7.68. The number of hydrogen-bond acceptors (Lipinski definition) is 2. The molecule has 0 N–H and O–H groups in total. The van der Waals surface area contributed by atoms with Crippen LogP contribution in [0.25, 0.3) is 0 Å². The number of aryl methyl sites for hydroxylation is 1. The molecular formula is C10H12N2O. The van der Waals surface area contributed by atoms with Gasteiger partial charge in [0.05, 0.1) is 6.54 Å². The molecular weight excluding hydrogens is 164 g/mol. The molecule has 1 heterocycles. The topological polar surface area (TPSA) is 34.9 Å². The summed E-state index contributed by atoms with van der Waals surface area (Å²) in [5.41, 5.74) is 0.493. The zero-order chi connectivity index (χ0) is 9.84. The van der Waals surface area contributed by atoms with Crippen LogP contribution in [0.2, 0.25) is 0 Å². The fourth-order valence-electron chi connectivity index (χ4n) is 1.14. The molecule has 0 fully saturated rings. The first-order valence-electron chi connectivity index (χ1n) is 4.19. The second kappa shape index (κ2) is 3.90. The monoisotopic (exact) mass is 176 g/mol. The number of ketones is 1. The summed E-state index contributed by atoms with van der Waals surface area (Å²) >= 11 is 0. The molecule has 0 radical (unpaired) electrons. The van der Waals surface area contributed by atoms with Gasteiger partial charge in [-0.25, -0.2) is 4.98 Å². The Labute approximate surface area is 77.8 Å². The number of carbonyl (C=O) groups is 1. The van der Waals surface area contributed by atoms with E-state index in [4.69, 9.17) is 6.42 Å². The average Bonchev–Trinajstić information content (AvgIpc) is 2.48. The Kier molecular flexibility index (Phi) is 2.86. The fraction of sp³-hybridized carbons (Fsp3) is 0.400. The predicted octanol–water partition coefficient (Wildman–Crippen LogP) is 1.28. The van der Waals surface area contributed by atoms with Gasteiger partial charge in [-0.15, -0.1) is 6.42 Å². The van der Waals surface area contributed by atoms with E-state index in [2.05, 4.69) is 10.9 Å². The number of hydrogen-bond donors (Lipinski definition) is 0. The largest absolute Gasteiger partial charge is 0.323 e. The van der Waals surface area contributed by atoms with Gasteiger partial charge in [-0.3, -0.25) is 4.79 Å². The van der Waals surface area contributed by atoms with Crippen LogP contribution in [0.3, 0.4) is 0 Å². The lowest BCUT2D eigenvalue weighted by atomic mass is 10.3. The molecule has 1 rings (SSSR count). The van der Waals surface area contributed by atoms with Gasteiger partial charge in [0, 0.05) is 19.5 Å². The number of carbonyl (C=O) groups excluding carboxylic acids is 1. The Bertz CT molecular complexity index is 357. The fourth-order valence-corrected chi connectivity index (χ4v) is 1.14. The van der Waals surface area contributed by atoms with Crippen LogP contribution >= 0.6 is 0 Å². The Balaban J connectivity index is 3.05. The number of Topliss-reactive ketones (excluding diaryl/α,β-unsaturated/α-hetero) is 1. The molecule has 1 aromatic rings. The highest BCUT2D eigenvalue weighted by atomic mass is 16.1. The Morgan fingerprint density at radius 1 is 1.77 bits per heavy atom. The lowest BCUT2D eigenvalue weighted by Gasteiger charge is -1.98. The van der Waals surface area contributed by atoms with Crippen LogP contribution in [0.4, 0.5) is 0 Å². The van der Waals surface area contributed by atoms with Crippen LogP contribution in [0, 0.1) is 12.3 Å². The van der Waals surface area contributed by atoms with Crippen molar-refractivity contribution in [3.8, 4) is 12.3 Å². The smallest absolute Gasteiger partial charge is 0.179 e. The first kappa shape index (κ1) is 9.53. The van der Waals surface area contributed by atoms with Crippen LogP contribution in [-0.2, 0) is 13.0 Å². The van der Waals surface area contributed by atoms with E-state index in [1.54, 1.807) is 6.20 Å². The van der Waals surface area contributed by atoms with Gasteiger partial charge in [-0.2, -0.15) is 0 Å². The Morgan fingerprint density at radius 3 is 2.92 bits per heavy atom. The van der Waals surface area contributed by atoms with Crippen LogP contribution in [0.1, 0.15) is 30.2 Å². The molecule has 0 atom stereocenters. The maximum Gasteiger partial charge on any atom is 0.179 e. The van der Waals surface area contributed by atoms with E-state index in [1.165, 1.54) is 6.92 Å². The molecule has 0 saturated carbocycles. The summed E-state index contributed by atoms with van der Waals surface area (Å²) in [5.74, 6) is 3.36. The number of rotatable bonds is 3. The maximum atomic E-state index is 11.0. The van der Waals surface area contributed by atoms with E-state index in [9.17, 15) is 4.79 Å². The van der Waals surface area contributed by atoms with Crippen molar-refractivity contribution in [2.45, 2.75) is 26.8 Å². The lowest BCUT2D eigenvalue weighted by Crippen LogP contribution is -1.99. The van der Waals surface area contributed by atoms with Gasteiger partial charge in [0.2, 0.25) is 0 Å². The molecule has 3 heteroatoms. The standard InChI is InChI=1S/C10H12N2O/c1-4-6-12-7-9(8(3)13)11-10(12)5-2/h1,7H,5-6H2,2-3H3. The molecule has 0 aliphatic rings. The molecule has 1 aromatic heterocycles. The van der Waals surface area contributed by atoms with Gasteiger partial charge >= 0.3 is 0 Å². The van der Waals surface area contributed by atoms with E-state index >= 15 is 0 Å². The molecule has 3 nitrogen and oxygen atoms in total. The van der Waals surface area contributed by atoms with Crippen molar-refractivity contribution in [2.75, 3.05) is 0 Å². The molecule has 0 unspecified atom stereocenters. The Morgan fingerprint density at radius 2 is 2.46 bits per heavy atom. The van der Waals surface area contributed by atoms with E-state index in [0.29, 0.717) is 12.2 Å². The van der Waals surface area contributed by atoms with Crippen molar-refractivity contribution in [2.24, 2.45) is 0 Å². The third-order valence-electron chi connectivity index (χ3n) is 1.80. The van der Waals surface area contributed by atoms with Crippen molar-refractivity contribution in [3.05, 3.63) is 17.7 Å². The highest BCUT2D eigenvalue weighted by Crippen LogP contribution is 2.04. The summed E-state index contributed by atoms with van der Waals surface area (Å²) in [7, 11) is 0. The van der Waals surface area contributed by atoms with Crippen molar-refractivity contribution in [1.29, 1.82) is 0 Å². The minimum atomic E-state index is -0.0227. The van der Waals surface area contributed by atoms with Crippen molar-refractivity contribution < 1.29 is 4.79 Å².